The number of ether oxygens (including phenoxy) is 1. The largest absolute Gasteiger partial charge is 0.707 e. The molecule has 4 heterocycles. The van der Waals surface area contributed by atoms with E-state index in [2.05, 4.69) is 14.8 Å². The Labute approximate surface area is 129 Å². The molecule has 4 rings (SSSR count). The smallest absolute Gasteiger partial charge is 0.511 e. The molecular weight excluding hydrogens is 285 g/mol. The summed E-state index contributed by atoms with van der Waals surface area (Å²) in [7, 11) is -1.81. The summed E-state index contributed by atoms with van der Waals surface area (Å²) in [6, 6.07) is 5.37. The van der Waals surface area contributed by atoms with E-state index >= 15 is 0 Å². The van der Waals surface area contributed by atoms with Gasteiger partial charge in [-0.25, -0.2) is 4.98 Å². The summed E-state index contributed by atoms with van der Waals surface area (Å²) in [4.78, 5) is 9.36. The first-order chi connectivity index (χ1) is 10.7. The molecule has 3 aliphatic heterocycles. The van der Waals surface area contributed by atoms with Crippen molar-refractivity contribution in [3.63, 3.8) is 0 Å². The molecule has 0 spiro atoms. The molecular formula is C14H20BN3O4. The molecule has 1 aromatic heterocycles. The summed E-state index contributed by atoms with van der Waals surface area (Å²) in [6.45, 7) is 3.73. The first-order valence-electron chi connectivity index (χ1n) is 7.79. The van der Waals surface area contributed by atoms with Gasteiger partial charge in [-0.3, -0.25) is 4.90 Å². The van der Waals surface area contributed by atoms with Crippen LogP contribution in [0.25, 0.3) is 0 Å². The summed E-state index contributed by atoms with van der Waals surface area (Å²) in [5.41, 5.74) is 0. The lowest BCUT2D eigenvalue weighted by Gasteiger charge is -2.47. The maximum atomic E-state index is 8.79. The minimum Gasteiger partial charge on any atom is -0.511 e. The normalized spacial score (nSPS) is 28.5. The zero-order valence-electron chi connectivity index (χ0n) is 12.3. The standard InChI is InChI=1S/C14H20BN3O4/c19-15(20)22-13-3-4-14(16-5-13)17-6-10-1-2-11(7-17)18(10)12-8-21-9-12/h3-5,10-12,19-20H,1-2,6-9H2. The highest BCUT2D eigenvalue weighted by Crippen LogP contribution is 2.35. The van der Waals surface area contributed by atoms with Gasteiger partial charge in [0.1, 0.15) is 11.6 Å². The lowest BCUT2D eigenvalue weighted by Crippen LogP contribution is -2.62. The first-order valence-corrected chi connectivity index (χ1v) is 7.79. The third kappa shape index (κ3) is 2.56. The molecule has 2 atom stereocenters. The van der Waals surface area contributed by atoms with E-state index in [9.17, 15) is 0 Å². The Bertz CT molecular complexity index is 511. The molecule has 2 unspecified atom stereocenters. The average Bonchev–Trinajstić information content (AvgIpc) is 2.69. The Morgan fingerprint density at radius 3 is 2.36 bits per heavy atom. The van der Waals surface area contributed by atoms with E-state index < -0.39 is 7.32 Å². The highest BCUT2D eigenvalue weighted by molar-refractivity contribution is 6.33. The number of hydrogen-bond donors (Lipinski definition) is 2. The number of nitrogens with zero attached hydrogens (tertiary/aromatic N) is 3. The minimum absolute atomic E-state index is 0.354. The molecule has 2 bridgehead atoms. The van der Waals surface area contributed by atoms with Crippen LogP contribution in [0.1, 0.15) is 12.8 Å². The van der Waals surface area contributed by atoms with Crippen LogP contribution in [0.5, 0.6) is 5.75 Å². The second-order valence-corrected chi connectivity index (χ2v) is 6.22. The van der Waals surface area contributed by atoms with E-state index in [1.54, 1.807) is 6.07 Å². The predicted octanol–water partition coefficient (Wildman–Crippen LogP) is -0.518. The molecule has 0 saturated carbocycles. The van der Waals surface area contributed by atoms with Gasteiger partial charge in [0.2, 0.25) is 0 Å². The molecule has 3 saturated heterocycles. The molecule has 2 N–H and O–H groups in total. The van der Waals surface area contributed by atoms with Crippen LogP contribution in [0.2, 0.25) is 0 Å². The number of rotatable bonds is 4. The van der Waals surface area contributed by atoms with Crippen molar-refractivity contribution in [3.8, 4) is 5.75 Å². The molecule has 1 aromatic rings. The summed E-state index contributed by atoms with van der Waals surface area (Å²) in [5.74, 6) is 1.27. The van der Waals surface area contributed by atoms with Crippen LogP contribution < -0.4 is 9.55 Å². The number of piperazine rings is 1. The maximum absolute atomic E-state index is 8.79. The van der Waals surface area contributed by atoms with Crippen LogP contribution >= 0.6 is 0 Å². The van der Waals surface area contributed by atoms with Crippen molar-refractivity contribution >= 4 is 13.1 Å². The fourth-order valence-electron chi connectivity index (χ4n) is 3.87. The molecule has 0 amide bonds. The summed E-state index contributed by atoms with van der Waals surface area (Å²) < 4.78 is 10.1. The monoisotopic (exact) mass is 305 g/mol. The van der Waals surface area contributed by atoms with Crippen molar-refractivity contribution < 1.29 is 19.4 Å². The number of aromatic nitrogens is 1. The van der Waals surface area contributed by atoms with Crippen molar-refractivity contribution in [3.05, 3.63) is 18.3 Å². The van der Waals surface area contributed by atoms with Crippen molar-refractivity contribution in [2.24, 2.45) is 0 Å². The highest BCUT2D eigenvalue weighted by atomic mass is 16.6. The van der Waals surface area contributed by atoms with Gasteiger partial charge in [-0.2, -0.15) is 0 Å². The van der Waals surface area contributed by atoms with Crippen LogP contribution in [0.15, 0.2) is 18.3 Å². The van der Waals surface area contributed by atoms with Gasteiger partial charge in [0, 0.05) is 25.2 Å². The van der Waals surface area contributed by atoms with Crippen molar-refractivity contribution in [1.82, 2.24) is 9.88 Å². The Balaban J connectivity index is 1.44. The fraction of sp³-hybridized carbons (Fsp3) is 0.643. The molecule has 8 heteroatoms. The van der Waals surface area contributed by atoms with Crippen LogP contribution in [-0.2, 0) is 4.74 Å². The van der Waals surface area contributed by atoms with E-state index in [1.807, 2.05) is 6.07 Å². The molecule has 7 nitrogen and oxygen atoms in total. The first kappa shape index (κ1) is 14.3. The molecule has 3 fully saturated rings. The molecule has 3 aliphatic rings. The lowest BCUT2D eigenvalue weighted by atomic mass is 10.1. The van der Waals surface area contributed by atoms with Crippen LogP contribution in [0.4, 0.5) is 5.82 Å². The van der Waals surface area contributed by atoms with E-state index in [1.165, 1.54) is 19.0 Å². The third-order valence-electron chi connectivity index (χ3n) is 4.87. The topological polar surface area (TPSA) is 78.3 Å². The Hall–Kier alpha value is -1.35. The molecule has 22 heavy (non-hydrogen) atoms. The van der Waals surface area contributed by atoms with Crippen molar-refractivity contribution in [2.45, 2.75) is 31.0 Å². The van der Waals surface area contributed by atoms with Gasteiger partial charge in [-0.1, -0.05) is 0 Å². The van der Waals surface area contributed by atoms with E-state index in [-0.39, 0.29) is 0 Å². The summed E-state index contributed by atoms with van der Waals surface area (Å²) in [5, 5.41) is 17.6. The Morgan fingerprint density at radius 1 is 1.14 bits per heavy atom. The molecule has 0 aliphatic carbocycles. The second kappa shape index (κ2) is 5.70. The van der Waals surface area contributed by atoms with Crippen LogP contribution in [0.3, 0.4) is 0 Å². The quantitative estimate of drug-likeness (QED) is 0.725. The SMILES string of the molecule is OB(O)Oc1ccc(N2CC3CCC(C2)N3C2COC2)nc1. The fourth-order valence-corrected chi connectivity index (χ4v) is 3.87. The lowest BCUT2D eigenvalue weighted by molar-refractivity contribution is -0.0850. The van der Waals surface area contributed by atoms with Gasteiger partial charge >= 0.3 is 7.32 Å². The van der Waals surface area contributed by atoms with Gasteiger partial charge in [0.15, 0.2) is 0 Å². The Kier molecular flexibility index (Phi) is 3.69. The van der Waals surface area contributed by atoms with Gasteiger partial charge in [0.05, 0.1) is 25.5 Å². The summed E-state index contributed by atoms with van der Waals surface area (Å²) >= 11 is 0. The van der Waals surface area contributed by atoms with Gasteiger partial charge in [-0.15, -0.1) is 0 Å². The van der Waals surface area contributed by atoms with Crippen LogP contribution in [-0.4, -0.2) is 71.7 Å². The zero-order valence-corrected chi connectivity index (χ0v) is 12.3. The second-order valence-electron chi connectivity index (χ2n) is 6.22. The van der Waals surface area contributed by atoms with Crippen molar-refractivity contribution in [2.75, 3.05) is 31.2 Å². The number of fused-ring (bicyclic) bond motifs is 2. The van der Waals surface area contributed by atoms with Gasteiger partial charge in [0.25, 0.3) is 0 Å². The van der Waals surface area contributed by atoms with E-state index in [0.29, 0.717) is 23.9 Å². The number of anilines is 1. The van der Waals surface area contributed by atoms with Gasteiger partial charge < -0.3 is 24.3 Å². The van der Waals surface area contributed by atoms with Crippen molar-refractivity contribution in [1.29, 1.82) is 0 Å². The highest BCUT2D eigenvalue weighted by Gasteiger charge is 2.45. The number of pyridine rings is 1. The molecule has 0 radical (unpaired) electrons. The zero-order chi connectivity index (χ0) is 15.1. The minimum atomic E-state index is -1.81. The third-order valence-corrected chi connectivity index (χ3v) is 4.87. The van der Waals surface area contributed by atoms with E-state index in [4.69, 9.17) is 19.4 Å². The van der Waals surface area contributed by atoms with Crippen LogP contribution in [0, 0.1) is 0 Å². The Morgan fingerprint density at radius 2 is 1.86 bits per heavy atom. The maximum Gasteiger partial charge on any atom is 0.707 e. The van der Waals surface area contributed by atoms with Gasteiger partial charge in [-0.05, 0) is 25.0 Å². The summed E-state index contributed by atoms with van der Waals surface area (Å²) in [6.07, 6.45) is 4.02. The average molecular weight is 305 g/mol. The molecule has 0 aromatic carbocycles. The molecule has 118 valence electrons. The van der Waals surface area contributed by atoms with E-state index in [0.717, 1.165) is 32.1 Å². The number of hydrogen-bond acceptors (Lipinski definition) is 7. The predicted molar refractivity (Wildman–Crippen MR) is 80.5 cm³/mol.